The highest BCUT2D eigenvalue weighted by molar-refractivity contribution is 5.09. The van der Waals surface area contributed by atoms with Crippen molar-refractivity contribution in [3.8, 4) is 0 Å². The van der Waals surface area contributed by atoms with Crippen molar-refractivity contribution >= 4 is 0 Å². The molecule has 0 saturated carbocycles. The van der Waals surface area contributed by atoms with Crippen molar-refractivity contribution in [2.75, 3.05) is 13.2 Å². The highest BCUT2D eigenvalue weighted by Crippen LogP contribution is 2.01. The molecule has 1 heterocycles. The summed E-state index contributed by atoms with van der Waals surface area (Å²) < 4.78 is 5.34. The van der Waals surface area contributed by atoms with Gasteiger partial charge in [0.25, 0.3) is 0 Å². The monoisotopic (exact) mass is 209 g/mol. The molecule has 0 aromatic carbocycles. The molecule has 3 heteroatoms. The minimum atomic E-state index is -0.314. The number of aliphatic hydroxyl groups is 1. The molecule has 1 aromatic heterocycles. The molecule has 0 bridgehead atoms. The molecule has 84 valence electrons. The van der Waals surface area contributed by atoms with Crippen LogP contribution in [0.15, 0.2) is 24.5 Å². The summed E-state index contributed by atoms with van der Waals surface area (Å²) in [4.78, 5) is 3.96. The van der Waals surface area contributed by atoms with E-state index in [1.165, 1.54) is 5.56 Å². The van der Waals surface area contributed by atoms with Gasteiger partial charge in [-0.05, 0) is 37.0 Å². The van der Waals surface area contributed by atoms with Gasteiger partial charge in [0.15, 0.2) is 0 Å². The van der Waals surface area contributed by atoms with Gasteiger partial charge in [0, 0.05) is 19.0 Å². The second-order valence-corrected chi connectivity index (χ2v) is 3.60. The predicted octanol–water partition coefficient (Wildman–Crippen LogP) is 1.80. The molecule has 0 aliphatic carbocycles. The predicted molar refractivity (Wildman–Crippen MR) is 59.7 cm³/mol. The first-order valence-corrected chi connectivity index (χ1v) is 5.47. The summed E-state index contributed by atoms with van der Waals surface area (Å²) in [5.74, 6) is 0. The van der Waals surface area contributed by atoms with E-state index in [1.807, 2.05) is 19.1 Å². The number of aryl methyl sites for hydroxylation is 1. The molecule has 0 radical (unpaired) electrons. The van der Waals surface area contributed by atoms with Crippen LogP contribution in [0.25, 0.3) is 0 Å². The smallest absolute Gasteiger partial charge is 0.0771 e. The minimum Gasteiger partial charge on any atom is -0.391 e. The molecule has 1 aromatic rings. The van der Waals surface area contributed by atoms with Crippen molar-refractivity contribution < 1.29 is 9.84 Å². The van der Waals surface area contributed by atoms with Crippen LogP contribution in [0, 0.1) is 0 Å². The molecule has 0 amide bonds. The Balaban J connectivity index is 2.03. The molecule has 0 aliphatic heterocycles. The van der Waals surface area contributed by atoms with Crippen LogP contribution in [0.2, 0.25) is 0 Å². The third-order valence-corrected chi connectivity index (χ3v) is 2.28. The second kappa shape index (κ2) is 7.37. The lowest BCUT2D eigenvalue weighted by Gasteiger charge is -2.08. The van der Waals surface area contributed by atoms with Gasteiger partial charge in [0.2, 0.25) is 0 Å². The summed E-state index contributed by atoms with van der Waals surface area (Å²) >= 11 is 0. The van der Waals surface area contributed by atoms with E-state index < -0.39 is 0 Å². The van der Waals surface area contributed by atoms with Gasteiger partial charge in [-0.25, -0.2) is 0 Å². The van der Waals surface area contributed by atoms with Gasteiger partial charge in [0.05, 0.1) is 12.7 Å². The molecular formula is C12H19NO2. The average molecular weight is 209 g/mol. The van der Waals surface area contributed by atoms with E-state index in [1.54, 1.807) is 12.4 Å². The standard InChI is InChI=1S/C12H19NO2/c1-2-12(14)10-15-9-3-4-11-5-7-13-8-6-11/h5-8,12,14H,2-4,9-10H2,1H3. The van der Waals surface area contributed by atoms with Crippen molar-refractivity contribution in [1.82, 2.24) is 4.98 Å². The Morgan fingerprint density at radius 3 is 2.80 bits per heavy atom. The third kappa shape index (κ3) is 5.50. The van der Waals surface area contributed by atoms with Crippen LogP contribution >= 0.6 is 0 Å². The maximum Gasteiger partial charge on any atom is 0.0771 e. The SMILES string of the molecule is CCC(O)COCCCc1ccncc1. The Labute approximate surface area is 91.1 Å². The zero-order valence-electron chi connectivity index (χ0n) is 9.22. The fourth-order valence-corrected chi connectivity index (χ4v) is 1.27. The number of ether oxygens (including phenoxy) is 1. The van der Waals surface area contributed by atoms with Crippen LogP contribution in [0.1, 0.15) is 25.3 Å². The third-order valence-electron chi connectivity index (χ3n) is 2.28. The van der Waals surface area contributed by atoms with Gasteiger partial charge in [0.1, 0.15) is 0 Å². The van der Waals surface area contributed by atoms with Crippen molar-refractivity contribution in [3.63, 3.8) is 0 Å². The summed E-state index contributed by atoms with van der Waals surface area (Å²) in [6.45, 7) is 3.11. The number of aliphatic hydroxyl groups excluding tert-OH is 1. The minimum absolute atomic E-state index is 0.314. The Morgan fingerprint density at radius 2 is 2.13 bits per heavy atom. The fourth-order valence-electron chi connectivity index (χ4n) is 1.27. The van der Waals surface area contributed by atoms with Gasteiger partial charge in [-0.1, -0.05) is 6.92 Å². The molecule has 1 atom stereocenters. The Morgan fingerprint density at radius 1 is 1.40 bits per heavy atom. The van der Waals surface area contributed by atoms with Crippen LogP contribution in [0.4, 0.5) is 0 Å². The maximum atomic E-state index is 9.24. The lowest BCUT2D eigenvalue weighted by Crippen LogP contribution is -2.14. The van der Waals surface area contributed by atoms with E-state index in [0.29, 0.717) is 13.2 Å². The summed E-state index contributed by atoms with van der Waals surface area (Å²) in [7, 11) is 0. The van der Waals surface area contributed by atoms with Gasteiger partial charge < -0.3 is 9.84 Å². The van der Waals surface area contributed by atoms with E-state index in [0.717, 1.165) is 19.3 Å². The molecule has 0 spiro atoms. The zero-order chi connectivity index (χ0) is 10.9. The highest BCUT2D eigenvalue weighted by Gasteiger charge is 1.99. The largest absolute Gasteiger partial charge is 0.391 e. The molecule has 15 heavy (non-hydrogen) atoms. The normalized spacial score (nSPS) is 12.7. The first kappa shape index (κ1) is 12.1. The molecule has 1 rings (SSSR count). The lowest BCUT2D eigenvalue weighted by molar-refractivity contribution is 0.0342. The van der Waals surface area contributed by atoms with Crippen molar-refractivity contribution in [2.45, 2.75) is 32.3 Å². The van der Waals surface area contributed by atoms with E-state index in [2.05, 4.69) is 4.98 Å². The second-order valence-electron chi connectivity index (χ2n) is 3.60. The highest BCUT2D eigenvalue weighted by atomic mass is 16.5. The lowest BCUT2D eigenvalue weighted by atomic mass is 10.1. The molecule has 0 saturated heterocycles. The molecule has 3 nitrogen and oxygen atoms in total. The van der Waals surface area contributed by atoms with Gasteiger partial charge in [-0.15, -0.1) is 0 Å². The van der Waals surface area contributed by atoms with E-state index in [-0.39, 0.29) is 6.10 Å². The Kier molecular flexibility index (Phi) is 5.97. The maximum absolute atomic E-state index is 9.24. The van der Waals surface area contributed by atoms with E-state index in [9.17, 15) is 5.11 Å². The topological polar surface area (TPSA) is 42.4 Å². The Hall–Kier alpha value is -0.930. The summed E-state index contributed by atoms with van der Waals surface area (Å²) in [6.07, 6.45) is 6.04. The molecule has 0 aliphatic rings. The number of rotatable bonds is 7. The average Bonchev–Trinajstić information content (AvgIpc) is 2.29. The summed E-state index contributed by atoms with van der Waals surface area (Å²) in [5.41, 5.74) is 1.28. The first-order valence-electron chi connectivity index (χ1n) is 5.47. The number of aromatic nitrogens is 1. The molecular weight excluding hydrogens is 190 g/mol. The number of nitrogens with zero attached hydrogens (tertiary/aromatic N) is 1. The molecule has 1 unspecified atom stereocenters. The number of pyridine rings is 1. The van der Waals surface area contributed by atoms with E-state index in [4.69, 9.17) is 4.74 Å². The van der Waals surface area contributed by atoms with Crippen LogP contribution < -0.4 is 0 Å². The van der Waals surface area contributed by atoms with Crippen LogP contribution in [0.3, 0.4) is 0 Å². The van der Waals surface area contributed by atoms with Crippen molar-refractivity contribution in [1.29, 1.82) is 0 Å². The molecule has 0 fully saturated rings. The summed E-state index contributed by atoms with van der Waals surface area (Å²) in [6, 6.07) is 4.03. The zero-order valence-corrected chi connectivity index (χ0v) is 9.22. The quantitative estimate of drug-likeness (QED) is 0.696. The Bertz CT molecular complexity index is 251. The van der Waals surface area contributed by atoms with Crippen LogP contribution in [0.5, 0.6) is 0 Å². The van der Waals surface area contributed by atoms with Gasteiger partial charge in [-0.2, -0.15) is 0 Å². The fraction of sp³-hybridized carbons (Fsp3) is 0.583. The molecule has 1 N–H and O–H groups in total. The van der Waals surface area contributed by atoms with Gasteiger partial charge in [-0.3, -0.25) is 4.98 Å². The number of hydrogen-bond donors (Lipinski definition) is 1. The van der Waals surface area contributed by atoms with Gasteiger partial charge >= 0.3 is 0 Å². The van der Waals surface area contributed by atoms with Crippen molar-refractivity contribution in [3.05, 3.63) is 30.1 Å². The first-order chi connectivity index (χ1) is 7.33. The number of hydrogen-bond acceptors (Lipinski definition) is 3. The summed E-state index contributed by atoms with van der Waals surface area (Å²) in [5, 5.41) is 9.24. The van der Waals surface area contributed by atoms with E-state index >= 15 is 0 Å². The van der Waals surface area contributed by atoms with Crippen LogP contribution in [-0.2, 0) is 11.2 Å². The van der Waals surface area contributed by atoms with Crippen LogP contribution in [-0.4, -0.2) is 29.4 Å². The van der Waals surface area contributed by atoms with Crippen molar-refractivity contribution in [2.24, 2.45) is 0 Å².